The lowest BCUT2D eigenvalue weighted by molar-refractivity contribution is -0.167. The minimum absolute atomic E-state index is 0.101. The molecule has 0 aliphatic heterocycles. The third-order valence-electron chi connectivity index (χ3n) is 11.5. The molecule has 0 amide bonds. The van der Waals surface area contributed by atoms with Crippen LogP contribution in [0.2, 0.25) is 0 Å². The van der Waals surface area contributed by atoms with Crippen molar-refractivity contribution in [1.29, 1.82) is 0 Å². The number of hydrogen-bond donors (Lipinski definition) is 0. The smallest absolute Gasteiger partial charge is 0.306 e. The van der Waals surface area contributed by atoms with Gasteiger partial charge in [-0.05, 0) is 109 Å². The fraction of sp³-hybridized carbons (Fsp3) is 0.635. The van der Waals surface area contributed by atoms with Crippen LogP contribution in [0.5, 0.6) is 0 Å². The molecule has 0 heterocycles. The van der Waals surface area contributed by atoms with Gasteiger partial charge in [-0.3, -0.25) is 14.4 Å². The molecule has 6 nitrogen and oxygen atoms in total. The highest BCUT2D eigenvalue weighted by Crippen LogP contribution is 2.13. The molecule has 69 heavy (non-hydrogen) atoms. The van der Waals surface area contributed by atoms with Crippen molar-refractivity contribution in [1.82, 2.24) is 0 Å². The molecule has 0 aromatic carbocycles. The van der Waals surface area contributed by atoms with Gasteiger partial charge in [0.2, 0.25) is 0 Å². The quantitative estimate of drug-likeness (QED) is 0.0262. The van der Waals surface area contributed by atoms with Gasteiger partial charge in [-0.15, -0.1) is 0 Å². The van der Waals surface area contributed by atoms with Gasteiger partial charge in [0.15, 0.2) is 6.10 Å². The van der Waals surface area contributed by atoms with Crippen molar-refractivity contribution < 1.29 is 28.6 Å². The summed E-state index contributed by atoms with van der Waals surface area (Å²) >= 11 is 0. The molecule has 0 aromatic heterocycles. The zero-order valence-corrected chi connectivity index (χ0v) is 44.5. The molecule has 0 saturated heterocycles. The third kappa shape index (κ3) is 54.6. The van der Waals surface area contributed by atoms with E-state index in [1.165, 1.54) is 77.0 Å². The predicted octanol–water partition coefficient (Wildman–Crippen LogP) is 18.9. The van der Waals surface area contributed by atoms with E-state index in [0.717, 1.165) is 116 Å². The van der Waals surface area contributed by atoms with E-state index in [0.29, 0.717) is 19.3 Å². The molecule has 1 unspecified atom stereocenters. The van der Waals surface area contributed by atoms with Crippen LogP contribution in [0.25, 0.3) is 0 Å². The van der Waals surface area contributed by atoms with Gasteiger partial charge >= 0.3 is 17.9 Å². The average molecular weight is 956 g/mol. The number of carbonyl (C=O) groups is 3. The summed E-state index contributed by atoms with van der Waals surface area (Å²) in [5.74, 6) is -0.986. The molecule has 0 aromatic rings. The second-order valence-electron chi connectivity index (χ2n) is 18.1. The van der Waals surface area contributed by atoms with Gasteiger partial charge < -0.3 is 14.2 Å². The summed E-state index contributed by atoms with van der Waals surface area (Å²) in [7, 11) is 0. The van der Waals surface area contributed by atoms with E-state index in [4.69, 9.17) is 14.2 Å². The van der Waals surface area contributed by atoms with E-state index >= 15 is 0 Å². The highest BCUT2D eigenvalue weighted by molar-refractivity contribution is 5.71. The van der Waals surface area contributed by atoms with Crippen molar-refractivity contribution in [2.24, 2.45) is 0 Å². The van der Waals surface area contributed by atoms with E-state index < -0.39 is 6.10 Å². The van der Waals surface area contributed by atoms with Gasteiger partial charge in [0.25, 0.3) is 0 Å². The molecule has 0 fully saturated rings. The zero-order chi connectivity index (χ0) is 50.0. The molecule has 0 bridgehead atoms. The Bertz CT molecular complexity index is 1470. The van der Waals surface area contributed by atoms with Crippen molar-refractivity contribution >= 4 is 17.9 Å². The maximum absolute atomic E-state index is 12.8. The number of esters is 3. The summed E-state index contributed by atoms with van der Waals surface area (Å²) < 4.78 is 16.6. The molecule has 0 spiro atoms. The summed E-state index contributed by atoms with van der Waals surface area (Å²) in [6.45, 7) is 6.37. The maximum atomic E-state index is 12.8. The lowest BCUT2D eigenvalue weighted by Gasteiger charge is -2.18. The summed E-state index contributed by atoms with van der Waals surface area (Å²) in [5.41, 5.74) is 0. The summed E-state index contributed by atoms with van der Waals surface area (Å²) in [5, 5.41) is 0. The largest absolute Gasteiger partial charge is 0.462 e. The molecule has 0 radical (unpaired) electrons. The number of ether oxygens (including phenoxy) is 3. The van der Waals surface area contributed by atoms with E-state index in [9.17, 15) is 14.4 Å². The van der Waals surface area contributed by atoms with Crippen molar-refractivity contribution in [3.8, 4) is 0 Å². The molecule has 0 aliphatic rings. The van der Waals surface area contributed by atoms with Crippen LogP contribution in [-0.2, 0) is 28.6 Å². The number of hydrogen-bond acceptors (Lipinski definition) is 6. The van der Waals surface area contributed by atoms with Crippen LogP contribution < -0.4 is 0 Å². The number of allylic oxidation sites excluding steroid dienone is 20. The molecule has 0 saturated carbocycles. The van der Waals surface area contributed by atoms with Gasteiger partial charge in [-0.1, -0.05) is 232 Å². The maximum Gasteiger partial charge on any atom is 0.306 e. The summed E-state index contributed by atoms with van der Waals surface area (Å²) in [4.78, 5) is 37.7. The van der Waals surface area contributed by atoms with E-state index in [1.807, 2.05) is 0 Å². The van der Waals surface area contributed by atoms with Crippen molar-refractivity contribution in [3.63, 3.8) is 0 Å². The molecule has 390 valence electrons. The Kier molecular flexibility index (Phi) is 53.0. The number of rotatable bonds is 49. The first-order valence-corrected chi connectivity index (χ1v) is 28.0. The average Bonchev–Trinajstić information content (AvgIpc) is 3.35. The standard InChI is InChI=1S/C63H102O6/c1-4-7-10-13-15-17-19-21-23-25-26-27-28-29-30-31-32-33-34-35-36-38-39-41-43-45-47-50-53-56-62(65)68-59-60(58-67-61(64)55-52-49-12-9-6-3)69-63(66)57-54-51-48-46-44-42-40-37-24-22-20-18-16-14-11-8-5-2/h7,10,15,17,21-24,26-27,29-30,32-33,35-36,39,41,45,47,60H,4-6,8-9,11-14,16,18-20,25,28,31,34,37-38,40,42-44,46,48-59H2,1-3H3/b10-7-,17-15-,23-21-,24-22-,27-26-,30-29-,33-32-,36-35-,41-39-,47-45-. The Hall–Kier alpha value is -4.19. The monoisotopic (exact) mass is 955 g/mol. The third-order valence-corrected chi connectivity index (χ3v) is 11.5. The van der Waals surface area contributed by atoms with E-state index in [2.05, 4.69) is 142 Å². The van der Waals surface area contributed by atoms with Crippen LogP contribution in [0.1, 0.15) is 239 Å². The molecule has 6 heteroatoms. The highest BCUT2D eigenvalue weighted by Gasteiger charge is 2.19. The topological polar surface area (TPSA) is 78.9 Å². The van der Waals surface area contributed by atoms with Crippen LogP contribution >= 0.6 is 0 Å². The van der Waals surface area contributed by atoms with Crippen molar-refractivity contribution in [2.45, 2.75) is 245 Å². The first kappa shape index (κ1) is 64.8. The van der Waals surface area contributed by atoms with Crippen LogP contribution in [0.3, 0.4) is 0 Å². The van der Waals surface area contributed by atoms with E-state index in [1.54, 1.807) is 0 Å². The van der Waals surface area contributed by atoms with Crippen LogP contribution in [0.4, 0.5) is 0 Å². The second-order valence-corrected chi connectivity index (χ2v) is 18.1. The number of carbonyl (C=O) groups excluding carboxylic acids is 3. The molecule has 0 N–H and O–H groups in total. The highest BCUT2D eigenvalue weighted by atomic mass is 16.6. The van der Waals surface area contributed by atoms with Crippen LogP contribution in [-0.4, -0.2) is 37.2 Å². The van der Waals surface area contributed by atoms with Crippen molar-refractivity contribution in [3.05, 3.63) is 122 Å². The Labute approximate surface area is 424 Å². The number of unbranched alkanes of at least 4 members (excludes halogenated alkanes) is 18. The fourth-order valence-corrected chi connectivity index (χ4v) is 7.26. The molecular weight excluding hydrogens is 853 g/mol. The van der Waals surface area contributed by atoms with Gasteiger partial charge in [-0.25, -0.2) is 0 Å². The molecular formula is C63H102O6. The van der Waals surface area contributed by atoms with Gasteiger partial charge in [0, 0.05) is 19.3 Å². The molecule has 0 rings (SSSR count). The molecule has 0 aliphatic carbocycles. The van der Waals surface area contributed by atoms with Gasteiger partial charge in [-0.2, -0.15) is 0 Å². The zero-order valence-electron chi connectivity index (χ0n) is 44.5. The van der Waals surface area contributed by atoms with Gasteiger partial charge in [0.05, 0.1) is 0 Å². The second kappa shape index (κ2) is 56.4. The summed E-state index contributed by atoms with van der Waals surface area (Å²) in [6, 6.07) is 0. The first-order chi connectivity index (χ1) is 34.0. The van der Waals surface area contributed by atoms with Crippen molar-refractivity contribution in [2.75, 3.05) is 13.2 Å². The fourth-order valence-electron chi connectivity index (χ4n) is 7.26. The minimum Gasteiger partial charge on any atom is -0.462 e. The van der Waals surface area contributed by atoms with Crippen LogP contribution in [0, 0.1) is 0 Å². The Morgan fingerprint density at radius 3 is 0.957 bits per heavy atom. The minimum atomic E-state index is -0.802. The Balaban J connectivity index is 4.25. The van der Waals surface area contributed by atoms with Gasteiger partial charge in [0.1, 0.15) is 13.2 Å². The Morgan fingerprint density at radius 1 is 0.304 bits per heavy atom. The molecule has 1 atom stereocenters. The van der Waals surface area contributed by atoms with E-state index in [-0.39, 0.29) is 37.5 Å². The predicted molar refractivity (Wildman–Crippen MR) is 297 cm³/mol. The Morgan fingerprint density at radius 2 is 0.580 bits per heavy atom. The van der Waals surface area contributed by atoms with Crippen LogP contribution in [0.15, 0.2) is 122 Å². The summed E-state index contributed by atoms with van der Waals surface area (Å²) in [6.07, 6.45) is 78.1. The lowest BCUT2D eigenvalue weighted by atomic mass is 10.1. The normalized spacial score (nSPS) is 13.0. The SMILES string of the molecule is CC/C=C\C/C=C\C/C=C\C/C=C\C/C=C\C/C=C\C/C=C\C/C=C\C/C=C\CCCC(=O)OCC(COC(=O)CCCCCCC)OC(=O)CCCCCCCCC/C=C\CCCCCCCC. The lowest BCUT2D eigenvalue weighted by Crippen LogP contribution is -2.30. The first-order valence-electron chi connectivity index (χ1n) is 28.0.